The summed E-state index contributed by atoms with van der Waals surface area (Å²) in [6, 6.07) is 0. The molecule has 0 radical (unpaired) electrons. The largest absolute Gasteiger partial charge is 0.498 e. The Morgan fingerprint density at radius 3 is 2.40 bits per heavy atom. The van der Waals surface area contributed by atoms with Crippen LogP contribution in [0, 0.1) is 0 Å². The number of esters is 1. The molecular formula is C10H14O5. The quantitative estimate of drug-likeness (QED) is 0.310. The second kappa shape index (κ2) is 7.61. The molecule has 0 amide bonds. The first-order valence-corrected chi connectivity index (χ1v) is 4.35. The van der Waals surface area contributed by atoms with Crippen LogP contribution in [0.1, 0.15) is 13.8 Å². The average Bonchev–Trinajstić information content (AvgIpc) is 2.13. The van der Waals surface area contributed by atoms with E-state index in [4.69, 9.17) is 9.84 Å². The number of carboxylic acids is 1. The Bertz CT molecular complexity index is 274. The maximum absolute atomic E-state index is 10.8. The van der Waals surface area contributed by atoms with Crippen LogP contribution in [-0.4, -0.2) is 30.3 Å². The highest BCUT2D eigenvalue weighted by Crippen LogP contribution is 1.90. The van der Waals surface area contributed by atoms with Gasteiger partial charge in [-0.1, -0.05) is 0 Å². The molecule has 0 saturated heterocycles. The van der Waals surface area contributed by atoms with Gasteiger partial charge in [-0.15, -0.1) is 0 Å². The van der Waals surface area contributed by atoms with Crippen LogP contribution in [0.2, 0.25) is 0 Å². The fraction of sp³-hybridized carbons (Fsp3) is 0.400. The van der Waals surface area contributed by atoms with Crippen molar-refractivity contribution in [1.29, 1.82) is 0 Å². The summed E-state index contributed by atoms with van der Waals surface area (Å²) in [6.07, 6.45) is 3.13. The summed E-state index contributed by atoms with van der Waals surface area (Å²) in [6.45, 7) is 4.09. The van der Waals surface area contributed by atoms with E-state index in [9.17, 15) is 9.59 Å². The monoisotopic (exact) mass is 214 g/mol. The number of ether oxygens (including phenoxy) is 2. The average molecular weight is 214 g/mol. The molecule has 0 bridgehead atoms. The molecule has 0 aromatic heterocycles. The molecule has 0 aliphatic carbocycles. The van der Waals surface area contributed by atoms with Gasteiger partial charge in [0.1, 0.15) is 13.2 Å². The van der Waals surface area contributed by atoms with E-state index in [1.807, 2.05) is 13.8 Å². The first kappa shape index (κ1) is 13.2. The highest BCUT2D eigenvalue weighted by molar-refractivity contribution is 5.90. The van der Waals surface area contributed by atoms with Crippen molar-refractivity contribution < 1.29 is 24.2 Å². The molecule has 0 unspecified atom stereocenters. The number of carbonyl (C=O) groups excluding carboxylic acids is 1. The molecule has 0 aromatic rings. The zero-order valence-corrected chi connectivity index (χ0v) is 8.73. The van der Waals surface area contributed by atoms with Crippen molar-refractivity contribution in [2.75, 3.05) is 13.2 Å². The third-order valence-corrected chi connectivity index (χ3v) is 1.13. The molecule has 0 aliphatic rings. The van der Waals surface area contributed by atoms with Gasteiger partial charge < -0.3 is 14.6 Å². The fourth-order valence-electron chi connectivity index (χ4n) is 0.603. The van der Waals surface area contributed by atoms with Gasteiger partial charge in [-0.05, 0) is 19.4 Å². The van der Waals surface area contributed by atoms with Crippen molar-refractivity contribution in [2.24, 2.45) is 0 Å². The van der Waals surface area contributed by atoms with Gasteiger partial charge in [-0.3, -0.25) is 0 Å². The molecule has 84 valence electrons. The number of hydrogen-bond acceptors (Lipinski definition) is 4. The van der Waals surface area contributed by atoms with Crippen molar-refractivity contribution in [3.8, 4) is 0 Å². The number of carboxylic acid groups (broad SMARTS) is 1. The Morgan fingerprint density at radius 2 is 1.87 bits per heavy atom. The maximum Gasteiger partial charge on any atom is 0.331 e. The third-order valence-electron chi connectivity index (χ3n) is 1.13. The first-order chi connectivity index (χ1) is 7.02. The van der Waals surface area contributed by atoms with E-state index in [2.05, 4.69) is 4.74 Å². The van der Waals surface area contributed by atoms with Crippen molar-refractivity contribution in [3.05, 3.63) is 24.0 Å². The summed E-state index contributed by atoms with van der Waals surface area (Å²) in [5, 5.41) is 8.21. The minimum Gasteiger partial charge on any atom is -0.498 e. The molecule has 5 heteroatoms. The topological polar surface area (TPSA) is 72.8 Å². The van der Waals surface area contributed by atoms with Gasteiger partial charge in [-0.25, -0.2) is 9.59 Å². The standard InChI is InChI=1S/C10H14O5/c1-8(2)7-14-5-6-15-10(13)4-3-9(11)12/h3-4,7H,5-6H2,1-2H3,(H,11,12)/b4-3-. The molecule has 0 aliphatic heterocycles. The number of hydrogen-bond donors (Lipinski definition) is 1. The zero-order chi connectivity index (χ0) is 11.7. The third kappa shape index (κ3) is 10.1. The van der Waals surface area contributed by atoms with Gasteiger partial charge in [0.2, 0.25) is 0 Å². The highest BCUT2D eigenvalue weighted by atomic mass is 16.6. The molecule has 0 spiro atoms. The molecule has 1 N–H and O–H groups in total. The lowest BCUT2D eigenvalue weighted by atomic mass is 10.4. The van der Waals surface area contributed by atoms with Crippen molar-refractivity contribution in [3.63, 3.8) is 0 Å². The summed E-state index contributed by atoms with van der Waals surface area (Å²) in [5.74, 6) is -1.88. The molecule has 0 fully saturated rings. The van der Waals surface area contributed by atoms with E-state index in [0.717, 1.165) is 17.7 Å². The lowest BCUT2D eigenvalue weighted by Gasteiger charge is -2.01. The number of allylic oxidation sites excluding steroid dienone is 1. The van der Waals surface area contributed by atoms with Crippen LogP contribution in [0.25, 0.3) is 0 Å². The van der Waals surface area contributed by atoms with Gasteiger partial charge in [0.05, 0.1) is 6.26 Å². The van der Waals surface area contributed by atoms with Crippen LogP contribution in [0.5, 0.6) is 0 Å². The Labute approximate surface area is 88.0 Å². The van der Waals surface area contributed by atoms with Gasteiger partial charge >= 0.3 is 11.9 Å². The number of carbonyl (C=O) groups is 2. The van der Waals surface area contributed by atoms with Crippen LogP contribution in [-0.2, 0) is 19.1 Å². The molecule has 15 heavy (non-hydrogen) atoms. The Kier molecular flexibility index (Phi) is 6.70. The van der Waals surface area contributed by atoms with E-state index in [-0.39, 0.29) is 13.2 Å². The van der Waals surface area contributed by atoms with E-state index in [1.54, 1.807) is 6.26 Å². The van der Waals surface area contributed by atoms with E-state index in [0.29, 0.717) is 0 Å². The lowest BCUT2D eigenvalue weighted by molar-refractivity contribution is -0.139. The number of rotatable bonds is 6. The summed E-state index contributed by atoms with van der Waals surface area (Å²) < 4.78 is 9.62. The van der Waals surface area contributed by atoms with Crippen molar-refractivity contribution >= 4 is 11.9 Å². The predicted octanol–water partition coefficient (Wildman–Crippen LogP) is 1.11. The zero-order valence-electron chi connectivity index (χ0n) is 8.73. The first-order valence-electron chi connectivity index (χ1n) is 4.35. The summed E-state index contributed by atoms with van der Waals surface area (Å²) in [7, 11) is 0. The van der Waals surface area contributed by atoms with E-state index < -0.39 is 11.9 Å². The maximum atomic E-state index is 10.8. The molecule has 0 rings (SSSR count). The smallest absolute Gasteiger partial charge is 0.331 e. The summed E-state index contributed by atoms with van der Waals surface area (Å²) in [4.78, 5) is 20.8. The van der Waals surface area contributed by atoms with Gasteiger partial charge in [0.15, 0.2) is 0 Å². The highest BCUT2D eigenvalue weighted by Gasteiger charge is 1.97. The van der Waals surface area contributed by atoms with Crippen LogP contribution in [0.15, 0.2) is 24.0 Å². The van der Waals surface area contributed by atoms with Crippen LogP contribution in [0.4, 0.5) is 0 Å². The van der Waals surface area contributed by atoms with Gasteiger partial charge in [-0.2, -0.15) is 0 Å². The predicted molar refractivity (Wildman–Crippen MR) is 53.1 cm³/mol. The number of aliphatic carboxylic acids is 1. The Morgan fingerprint density at radius 1 is 1.20 bits per heavy atom. The van der Waals surface area contributed by atoms with Crippen LogP contribution >= 0.6 is 0 Å². The Hall–Kier alpha value is -1.78. The minimum absolute atomic E-state index is 0.0899. The molecule has 0 aromatic carbocycles. The molecule has 0 heterocycles. The van der Waals surface area contributed by atoms with E-state index in [1.165, 1.54) is 0 Å². The molecular weight excluding hydrogens is 200 g/mol. The molecule has 5 nitrogen and oxygen atoms in total. The van der Waals surface area contributed by atoms with Gasteiger partial charge in [0, 0.05) is 12.2 Å². The minimum atomic E-state index is -1.19. The van der Waals surface area contributed by atoms with E-state index >= 15 is 0 Å². The molecule has 0 saturated carbocycles. The van der Waals surface area contributed by atoms with Crippen LogP contribution < -0.4 is 0 Å². The van der Waals surface area contributed by atoms with Crippen molar-refractivity contribution in [1.82, 2.24) is 0 Å². The lowest BCUT2D eigenvalue weighted by Crippen LogP contribution is -2.07. The summed E-state index contributed by atoms with van der Waals surface area (Å²) >= 11 is 0. The second-order valence-corrected chi connectivity index (χ2v) is 2.91. The van der Waals surface area contributed by atoms with Gasteiger partial charge in [0.25, 0.3) is 0 Å². The SMILES string of the molecule is CC(C)=COCCOC(=O)/C=C\C(=O)O. The second-order valence-electron chi connectivity index (χ2n) is 2.91. The fourth-order valence-corrected chi connectivity index (χ4v) is 0.603. The Balaban J connectivity index is 3.56. The summed E-state index contributed by atoms with van der Waals surface area (Å²) in [5.41, 5.74) is 1.01. The molecule has 0 atom stereocenters. The van der Waals surface area contributed by atoms with Crippen molar-refractivity contribution in [2.45, 2.75) is 13.8 Å². The van der Waals surface area contributed by atoms with Crippen LogP contribution in [0.3, 0.4) is 0 Å². The normalized spacial score (nSPS) is 9.73.